The number of methoxy groups -OCH3 is 2. The first-order valence-electron chi connectivity index (χ1n) is 5.01. The van der Waals surface area contributed by atoms with Crippen LogP contribution in [0.5, 0.6) is 11.5 Å². The van der Waals surface area contributed by atoms with Crippen molar-refractivity contribution < 1.29 is 23.8 Å². The molecule has 0 aliphatic rings. The van der Waals surface area contributed by atoms with Gasteiger partial charge in [0.25, 0.3) is 5.91 Å². The molecule has 0 saturated heterocycles. The maximum absolute atomic E-state index is 11.3. The molecule has 3 N–H and O–H groups in total. The van der Waals surface area contributed by atoms with E-state index in [1.807, 2.05) is 5.43 Å². The smallest absolute Gasteiger partial charge is 0.343 e. The molecule has 0 atom stereocenters. The molecule has 1 aromatic carbocycles. The quantitative estimate of drug-likeness (QED) is 0.328. The van der Waals surface area contributed by atoms with E-state index in [-0.39, 0.29) is 17.9 Å². The lowest BCUT2D eigenvalue weighted by Crippen LogP contribution is -2.30. The van der Waals surface area contributed by atoms with Crippen LogP contribution in [0.25, 0.3) is 0 Å². The molecule has 0 spiro atoms. The standard InChI is InChI=1S/C11H14N2O5/c1-16-8-4-3-7(11(15)13-12)5-9(8)18-6-10(14)17-2/h3-5H,6,12H2,1-2H3,(H,13,15). The van der Waals surface area contributed by atoms with Crippen molar-refractivity contribution in [3.63, 3.8) is 0 Å². The minimum absolute atomic E-state index is 0.254. The van der Waals surface area contributed by atoms with Crippen LogP contribution >= 0.6 is 0 Å². The Hall–Kier alpha value is -2.28. The van der Waals surface area contributed by atoms with Gasteiger partial charge in [-0.2, -0.15) is 0 Å². The maximum Gasteiger partial charge on any atom is 0.343 e. The lowest BCUT2D eigenvalue weighted by molar-refractivity contribution is -0.142. The fourth-order valence-electron chi connectivity index (χ4n) is 1.21. The molecule has 0 aliphatic heterocycles. The van der Waals surface area contributed by atoms with Gasteiger partial charge in [0.15, 0.2) is 18.1 Å². The highest BCUT2D eigenvalue weighted by Gasteiger charge is 2.11. The summed E-state index contributed by atoms with van der Waals surface area (Å²) in [6.45, 7) is -0.277. The zero-order valence-corrected chi connectivity index (χ0v) is 10.1. The molecule has 0 heterocycles. The zero-order chi connectivity index (χ0) is 13.5. The highest BCUT2D eigenvalue weighted by molar-refractivity contribution is 5.94. The van der Waals surface area contributed by atoms with E-state index in [0.717, 1.165) is 0 Å². The van der Waals surface area contributed by atoms with Crippen molar-refractivity contribution >= 4 is 11.9 Å². The summed E-state index contributed by atoms with van der Waals surface area (Å²) in [6, 6.07) is 4.48. The second-order valence-electron chi connectivity index (χ2n) is 3.20. The van der Waals surface area contributed by atoms with Crippen LogP contribution in [0.15, 0.2) is 18.2 Å². The van der Waals surface area contributed by atoms with Gasteiger partial charge in [0.05, 0.1) is 14.2 Å². The summed E-state index contributed by atoms with van der Waals surface area (Å²) < 4.78 is 14.7. The van der Waals surface area contributed by atoms with Crippen molar-refractivity contribution in [2.45, 2.75) is 0 Å². The molecule has 1 rings (SSSR count). The summed E-state index contributed by atoms with van der Waals surface area (Å²) in [4.78, 5) is 22.3. The van der Waals surface area contributed by atoms with Crippen LogP contribution < -0.4 is 20.7 Å². The van der Waals surface area contributed by atoms with Gasteiger partial charge in [0, 0.05) is 5.56 Å². The van der Waals surface area contributed by atoms with Gasteiger partial charge in [-0.1, -0.05) is 0 Å². The van der Waals surface area contributed by atoms with E-state index in [1.54, 1.807) is 0 Å². The van der Waals surface area contributed by atoms with Crippen molar-refractivity contribution in [3.8, 4) is 11.5 Å². The number of nitrogen functional groups attached to an aromatic ring is 1. The fourth-order valence-corrected chi connectivity index (χ4v) is 1.21. The van der Waals surface area contributed by atoms with Crippen LogP contribution in [0.4, 0.5) is 0 Å². The number of amides is 1. The highest BCUT2D eigenvalue weighted by Crippen LogP contribution is 2.27. The molecular weight excluding hydrogens is 240 g/mol. The zero-order valence-electron chi connectivity index (χ0n) is 10.1. The van der Waals surface area contributed by atoms with Crippen LogP contribution in [-0.4, -0.2) is 32.7 Å². The van der Waals surface area contributed by atoms with E-state index in [4.69, 9.17) is 15.3 Å². The summed E-state index contributed by atoms with van der Waals surface area (Å²) in [5.41, 5.74) is 2.29. The predicted molar refractivity (Wildman–Crippen MR) is 62.2 cm³/mol. The molecule has 0 aromatic heterocycles. The Kier molecular flexibility index (Phi) is 4.94. The van der Waals surface area contributed by atoms with Crippen molar-refractivity contribution in [1.82, 2.24) is 5.43 Å². The second-order valence-corrected chi connectivity index (χ2v) is 3.20. The molecular formula is C11H14N2O5. The second kappa shape index (κ2) is 6.45. The third kappa shape index (κ3) is 3.36. The Morgan fingerprint density at radius 1 is 1.28 bits per heavy atom. The molecule has 0 fully saturated rings. The highest BCUT2D eigenvalue weighted by atomic mass is 16.6. The Labute approximate surface area is 104 Å². The fraction of sp³-hybridized carbons (Fsp3) is 0.273. The molecule has 7 nitrogen and oxygen atoms in total. The number of hydrogen-bond donors (Lipinski definition) is 2. The number of nitrogens with two attached hydrogens (primary N) is 1. The van der Waals surface area contributed by atoms with Gasteiger partial charge >= 0.3 is 5.97 Å². The molecule has 1 aromatic rings. The number of hydrogen-bond acceptors (Lipinski definition) is 6. The van der Waals surface area contributed by atoms with E-state index in [0.29, 0.717) is 5.75 Å². The third-order valence-corrected chi connectivity index (χ3v) is 2.13. The summed E-state index contributed by atoms with van der Waals surface area (Å²) >= 11 is 0. The molecule has 18 heavy (non-hydrogen) atoms. The summed E-state index contributed by atoms with van der Waals surface area (Å²) in [7, 11) is 2.70. The van der Waals surface area contributed by atoms with Crippen molar-refractivity contribution in [2.24, 2.45) is 5.84 Å². The van der Waals surface area contributed by atoms with Gasteiger partial charge in [0.2, 0.25) is 0 Å². The summed E-state index contributed by atoms with van der Waals surface area (Å²) in [5.74, 6) is 4.66. The van der Waals surface area contributed by atoms with Gasteiger partial charge in [-0.3, -0.25) is 10.2 Å². The first kappa shape index (κ1) is 13.8. The Morgan fingerprint density at radius 2 is 2.00 bits per heavy atom. The van der Waals surface area contributed by atoms with E-state index < -0.39 is 11.9 Å². The minimum Gasteiger partial charge on any atom is -0.493 e. The number of carbonyl (C=O) groups excluding carboxylic acids is 2. The largest absolute Gasteiger partial charge is 0.493 e. The molecule has 7 heteroatoms. The van der Waals surface area contributed by atoms with Crippen LogP contribution in [-0.2, 0) is 9.53 Å². The van der Waals surface area contributed by atoms with Crippen LogP contribution in [0, 0.1) is 0 Å². The number of esters is 1. The number of nitrogens with one attached hydrogen (secondary N) is 1. The van der Waals surface area contributed by atoms with E-state index in [9.17, 15) is 9.59 Å². The Morgan fingerprint density at radius 3 is 2.56 bits per heavy atom. The number of benzene rings is 1. The molecule has 0 radical (unpaired) electrons. The van der Waals surface area contributed by atoms with E-state index in [1.165, 1.54) is 32.4 Å². The van der Waals surface area contributed by atoms with Crippen molar-refractivity contribution in [3.05, 3.63) is 23.8 Å². The number of hydrazine groups is 1. The number of rotatable bonds is 5. The van der Waals surface area contributed by atoms with Gasteiger partial charge in [-0.05, 0) is 18.2 Å². The predicted octanol–water partition coefficient (Wildman–Crippen LogP) is -0.149. The van der Waals surface area contributed by atoms with Crippen LogP contribution in [0.2, 0.25) is 0 Å². The monoisotopic (exact) mass is 254 g/mol. The minimum atomic E-state index is -0.536. The normalized spacial score (nSPS) is 9.50. The number of ether oxygens (including phenoxy) is 3. The lowest BCUT2D eigenvalue weighted by atomic mass is 10.2. The first-order chi connectivity index (χ1) is 8.62. The number of carbonyl (C=O) groups is 2. The van der Waals surface area contributed by atoms with E-state index in [2.05, 4.69) is 4.74 Å². The molecule has 0 aliphatic carbocycles. The van der Waals surface area contributed by atoms with Crippen molar-refractivity contribution in [1.29, 1.82) is 0 Å². The van der Waals surface area contributed by atoms with Crippen molar-refractivity contribution in [2.75, 3.05) is 20.8 Å². The molecule has 1 amide bonds. The molecule has 0 unspecified atom stereocenters. The first-order valence-corrected chi connectivity index (χ1v) is 5.01. The van der Waals surface area contributed by atoms with Crippen LogP contribution in [0.1, 0.15) is 10.4 Å². The lowest BCUT2D eigenvalue weighted by Gasteiger charge is -2.11. The van der Waals surface area contributed by atoms with Gasteiger partial charge < -0.3 is 14.2 Å². The van der Waals surface area contributed by atoms with Gasteiger partial charge in [0.1, 0.15) is 0 Å². The molecule has 0 bridgehead atoms. The maximum atomic E-state index is 11.3. The van der Waals surface area contributed by atoms with Gasteiger partial charge in [-0.15, -0.1) is 0 Å². The Bertz CT molecular complexity index is 447. The van der Waals surface area contributed by atoms with E-state index >= 15 is 0 Å². The average Bonchev–Trinajstić information content (AvgIpc) is 2.43. The topological polar surface area (TPSA) is 99.9 Å². The van der Waals surface area contributed by atoms with Crippen LogP contribution in [0.3, 0.4) is 0 Å². The summed E-state index contributed by atoms with van der Waals surface area (Å²) in [6.07, 6.45) is 0. The van der Waals surface area contributed by atoms with Gasteiger partial charge in [-0.25, -0.2) is 10.6 Å². The third-order valence-electron chi connectivity index (χ3n) is 2.13. The molecule has 0 saturated carbocycles. The Balaban J connectivity index is 2.91. The SMILES string of the molecule is COC(=O)COc1cc(C(=O)NN)ccc1OC. The average molecular weight is 254 g/mol. The molecule has 98 valence electrons. The summed E-state index contributed by atoms with van der Waals surface area (Å²) in [5, 5.41) is 0.